The number of cyclic esters (lactones) is 1. The number of ether oxygens (including phenoxy) is 8. The van der Waals surface area contributed by atoms with Gasteiger partial charge in [-0.2, -0.15) is 0 Å². The van der Waals surface area contributed by atoms with E-state index in [4.69, 9.17) is 37.9 Å². The lowest BCUT2D eigenvalue weighted by molar-refractivity contribution is -0.314. The Morgan fingerprint density at radius 1 is 0.839 bits per heavy atom. The lowest BCUT2D eigenvalue weighted by Gasteiger charge is -2.44. The van der Waals surface area contributed by atoms with Crippen LogP contribution >= 0.6 is 0 Å². The number of nitrogens with one attached hydrogen (secondary N) is 1. The molecule has 6 aliphatic rings. The Hall–Kier alpha value is -1.48. The number of esters is 1. The fourth-order valence-electron chi connectivity index (χ4n) is 11.6. The minimum absolute atomic E-state index is 0.0339. The van der Waals surface area contributed by atoms with Crippen molar-refractivity contribution in [2.24, 2.45) is 35.5 Å². The van der Waals surface area contributed by atoms with Gasteiger partial charge in [0.05, 0.1) is 30.8 Å². The molecule has 0 bridgehead atoms. The Balaban J connectivity index is 1.26. The summed E-state index contributed by atoms with van der Waals surface area (Å²) in [5.41, 5.74) is 0.794. The molecule has 1 N–H and O–H groups in total. The second kappa shape index (κ2) is 19.3. The quantitative estimate of drug-likeness (QED) is 0.259. The van der Waals surface area contributed by atoms with Crippen LogP contribution in [0.3, 0.4) is 0 Å². The minimum Gasteiger partial charge on any atom is -0.462 e. The van der Waals surface area contributed by atoms with Crippen LogP contribution in [0.15, 0.2) is 11.6 Å². The number of hydrogen-bond donors (Lipinski definition) is 1. The fraction of sp³-hybridized carbons (Fsp3) is 0.909. The number of Topliss-reactive ketones (excluding diaryl/α,β-unsaturated/α-hetero) is 1. The summed E-state index contributed by atoms with van der Waals surface area (Å²) >= 11 is 0. The highest BCUT2D eigenvalue weighted by Gasteiger charge is 2.56. The number of fused-ring (bicyclic) bond motifs is 5. The van der Waals surface area contributed by atoms with Crippen LogP contribution in [-0.4, -0.2) is 132 Å². The second-order valence-corrected chi connectivity index (χ2v) is 18.4. The standard InChI is InChI=1S/C44H74N2O10/c1-12-27-14-13-15-37(56-39-17-16-36(46(7)8)25(5)52-39)24(4)40(48)34-20-30-29-18-28(55-44-43(51-11)42(50-10)41(49-9)26(6)53-44)19-33(29)35(45-23(2)3)21-31(30)32(34)22-38(47)54-27/h20,23-33,35-37,39,41-45H,12-19,21-22H2,1-11H3/t24-,25?,26?,27+,28+,29+,30+,31-,32+,33-,35-,36+,37+,39+,41+,42?,43+,44+/m1/s1. The maximum absolute atomic E-state index is 14.9. The summed E-state index contributed by atoms with van der Waals surface area (Å²) in [6.45, 7) is 12.6. The van der Waals surface area contributed by atoms with E-state index in [2.05, 4.69) is 58.1 Å². The van der Waals surface area contributed by atoms with Crippen molar-refractivity contribution in [2.45, 2.75) is 185 Å². The Labute approximate surface area is 336 Å². The van der Waals surface area contributed by atoms with Crippen molar-refractivity contribution >= 4 is 11.8 Å². The van der Waals surface area contributed by atoms with Gasteiger partial charge in [0.15, 0.2) is 18.4 Å². The number of allylic oxidation sites excluding steroid dienone is 2. The second-order valence-electron chi connectivity index (χ2n) is 18.4. The van der Waals surface area contributed by atoms with E-state index >= 15 is 0 Å². The molecule has 0 amide bonds. The van der Waals surface area contributed by atoms with Gasteiger partial charge >= 0.3 is 5.97 Å². The Morgan fingerprint density at radius 3 is 2.20 bits per heavy atom. The molecule has 5 fully saturated rings. The zero-order chi connectivity index (χ0) is 40.4. The van der Waals surface area contributed by atoms with Gasteiger partial charge in [-0.05, 0) is 115 Å². The smallest absolute Gasteiger partial charge is 0.306 e. The van der Waals surface area contributed by atoms with Gasteiger partial charge in [-0.25, -0.2) is 0 Å². The zero-order valence-electron chi connectivity index (χ0n) is 36.1. The van der Waals surface area contributed by atoms with Gasteiger partial charge in [0, 0.05) is 51.3 Å². The van der Waals surface area contributed by atoms with Gasteiger partial charge in [-0.1, -0.05) is 33.8 Å². The van der Waals surface area contributed by atoms with Gasteiger partial charge in [-0.15, -0.1) is 0 Å². The predicted octanol–water partition coefficient (Wildman–Crippen LogP) is 5.69. The molecule has 6 rings (SSSR count). The summed E-state index contributed by atoms with van der Waals surface area (Å²) in [6.07, 6.45) is 7.15. The first-order valence-corrected chi connectivity index (χ1v) is 21.9. The van der Waals surface area contributed by atoms with Gasteiger partial charge < -0.3 is 48.1 Å². The number of hydrogen-bond acceptors (Lipinski definition) is 12. The molecule has 3 heterocycles. The molecule has 3 aliphatic heterocycles. The van der Waals surface area contributed by atoms with Gasteiger partial charge in [0.2, 0.25) is 0 Å². The van der Waals surface area contributed by atoms with E-state index in [-0.39, 0.29) is 109 Å². The Kier molecular flexibility index (Phi) is 15.2. The van der Waals surface area contributed by atoms with Crippen molar-refractivity contribution < 1.29 is 47.5 Å². The molecular formula is C44H74N2O10. The fourth-order valence-corrected chi connectivity index (χ4v) is 11.6. The van der Waals surface area contributed by atoms with Crippen molar-refractivity contribution in [3.63, 3.8) is 0 Å². The van der Waals surface area contributed by atoms with Crippen LogP contribution < -0.4 is 5.32 Å². The molecule has 12 nitrogen and oxygen atoms in total. The van der Waals surface area contributed by atoms with Crippen molar-refractivity contribution in [3.8, 4) is 0 Å². The number of ketones is 1. The van der Waals surface area contributed by atoms with Crippen molar-refractivity contribution in [2.75, 3.05) is 35.4 Å². The average molecular weight is 791 g/mol. The first-order chi connectivity index (χ1) is 26.8. The summed E-state index contributed by atoms with van der Waals surface area (Å²) in [5.74, 6) is 0.223. The predicted molar refractivity (Wildman–Crippen MR) is 212 cm³/mol. The van der Waals surface area contributed by atoms with E-state index in [1.54, 1.807) is 21.3 Å². The molecule has 320 valence electrons. The molecule has 3 unspecified atom stereocenters. The van der Waals surface area contributed by atoms with Gasteiger partial charge in [0.25, 0.3) is 0 Å². The SMILES string of the molecule is CC[C@H]1CCC[C@H](O[C@H]2CC[C@H](N(C)C)C(C)O2)[C@@H](C)C(=O)C2=C[C@@H]3[C@@H](C[C@@H](NC(C)C)[C@@H]4C[C@@H](O[C@@H]5OC(C)[C@H](OC)C(OC)[C@@H]5OC)C[C@@H]34)[C@@H]2CC(=O)O1. The number of carbonyl (C=O) groups excluding carboxylic acids is 2. The van der Waals surface area contributed by atoms with Crippen LogP contribution in [0.5, 0.6) is 0 Å². The van der Waals surface area contributed by atoms with E-state index in [0.717, 1.165) is 56.9 Å². The Morgan fingerprint density at radius 2 is 1.55 bits per heavy atom. The topological polar surface area (TPSA) is 123 Å². The first kappa shape index (κ1) is 44.1. The number of nitrogens with zero attached hydrogens (tertiary/aromatic N) is 1. The maximum Gasteiger partial charge on any atom is 0.306 e. The highest BCUT2D eigenvalue weighted by molar-refractivity contribution is 5.99. The summed E-state index contributed by atoms with van der Waals surface area (Å²) in [6, 6.07) is 0.836. The molecule has 0 aromatic heterocycles. The third kappa shape index (κ3) is 9.44. The number of rotatable bonds is 11. The maximum atomic E-state index is 14.9. The monoisotopic (exact) mass is 791 g/mol. The van der Waals surface area contributed by atoms with E-state index < -0.39 is 12.4 Å². The molecular weight excluding hydrogens is 716 g/mol. The molecule has 0 aromatic rings. The molecule has 0 aromatic carbocycles. The largest absolute Gasteiger partial charge is 0.462 e. The summed E-state index contributed by atoms with van der Waals surface area (Å²) < 4.78 is 50.2. The molecule has 3 saturated heterocycles. The van der Waals surface area contributed by atoms with Crippen LogP contribution in [0.2, 0.25) is 0 Å². The lowest BCUT2D eigenvalue weighted by atomic mass is 9.64. The van der Waals surface area contributed by atoms with Crippen LogP contribution in [0.1, 0.15) is 106 Å². The summed E-state index contributed by atoms with van der Waals surface area (Å²) in [7, 11) is 9.20. The average Bonchev–Trinajstić information content (AvgIpc) is 3.73. The summed E-state index contributed by atoms with van der Waals surface area (Å²) in [4.78, 5) is 30.9. The summed E-state index contributed by atoms with van der Waals surface area (Å²) in [5, 5.41) is 3.91. The molecule has 3 aliphatic carbocycles. The normalized spacial score (nSPS) is 45.1. The number of carbonyl (C=O) groups is 2. The third-order valence-corrected chi connectivity index (χ3v) is 14.4. The molecule has 0 radical (unpaired) electrons. The molecule has 12 heteroatoms. The van der Waals surface area contributed by atoms with E-state index in [0.29, 0.717) is 18.4 Å². The number of methoxy groups -OCH3 is 3. The molecule has 18 atom stereocenters. The van der Waals surface area contributed by atoms with Gasteiger partial charge in [-0.3, -0.25) is 9.59 Å². The van der Waals surface area contributed by atoms with Gasteiger partial charge in [0.1, 0.15) is 24.4 Å². The van der Waals surface area contributed by atoms with Crippen molar-refractivity contribution in [1.82, 2.24) is 10.2 Å². The highest BCUT2D eigenvalue weighted by atomic mass is 16.7. The Bertz CT molecular complexity index is 1340. The molecule has 2 saturated carbocycles. The number of likely N-dealkylation sites (N-methyl/N-ethyl adjacent to an activating group) is 1. The van der Waals surface area contributed by atoms with E-state index in [1.807, 2.05) is 13.8 Å². The zero-order valence-corrected chi connectivity index (χ0v) is 36.1. The van der Waals surface area contributed by atoms with Crippen molar-refractivity contribution in [3.05, 3.63) is 11.6 Å². The third-order valence-electron chi connectivity index (χ3n) is 14.4. The van der Waals surface area contributed by atoms with Crippen molar-refractivity contribution in [1.29, 1.82) is 0 Å². The van der Waals surface area contributed by atoms with Crippen LogP contribution in [0.4, 0.5) is 0 Å². The minimum atomic E-state index is -0.605. The van der Waals surface area contributed by atoms with Crippen LogP contribution in [0, 0.1) is 35.5 Å². The van der Waals surface area contributed by atoms with Crippen LogP contribution in [0.25, 0.3) is 0 Å². The highest BCUT2D eigenvalue weighted by Crippen LogP contribution is 2.57. The lowest BCUT2D eigenvalue weighted by Crippen LogP contribution is -2.59. The van der Waals surface area contributed by atoms with Crippen LogP contribution in [-0.2, 0) is 47.5 Å². The van der Waals surface area contributed by atoms with E-state index in [1.165, 1.54) is 0 Å². The first-order valence-electron chi connectivity index (χ1n) is 21.9. The molecule has 56 heavy (non-hydrogen) atoms. The molecule has 0 spiro atoms. The van der Waals surface area contributed by atoms with E-state index in [9.17, 15) is 9.59 Å².